The van der Waals surface area contributed by atoms with Gasteiger partial charge in [-0.05, 0) is 54.1 Å². The number of anilines is 1. The highest BCUT2D eigenvalue weighted by Crippen LogP contribution is 2.42. The Kier molecular flexibility index (Phi) is 7.68. The van der Waals surface area contributed by atoms with Gasteiger partial charge >= 0.3 is 6.03 Å². The number of aliphatic hydroxyl groups is 3. The number of urea groups is 1. The van der Waals surface area contributed by atoms with E-state index in [4.69, 9.17) is 4.74 Å². The van der Waals surface area contributed by atoms with Crippen LogP contribution in [-0.2, 0) is 0 Å². The van der Waals surface area contributed by atoms with Gasteiger partial charge in [0, 0.05) is 53.8 Å². The molecule has 1 aromatic heterocycles. The summed E-state index contributed by atoms with van der Waals surface area (Å²) in [5.74, 6) is 6.34. The molecule has 9 nitrogen and oxygen atoms in total. The lowest BCUT2D eigenvalue weighted by Gasteiger charge is -2.56. The van der Waals surface area contributed by atoms with Crippen LogP contribution in [0.1, 0.15) is 22.6 Å². The van der Waals surface area contributed by atoms with Crippen molar-refractivity contribution in [2.75, 3.05) is 38.7 Å². The van der Waals surface area contributed by atoms with Crippen molar-refractivity contribution in [1.82, 2.24) is 14.8 Å². The quantitative estimate of drug-likeness (QED) is 0.385. The number of carbonyl (C=O) groups is 1. The number of amides is 2. The first-order valence-electron chi connectivity index (χ1n) is 12.7. The lowest BCUT2D eigenvalue weighted by atomic mass is 9.74. The molecule has 4 N–H and O–H groups in total. The van der Waals surface area contributed by atoms with Gasteiger partial charge in [-0.2, -0.15) is 0 Å². The van der Waals surface area contributed by atoms with Gasteiger partial charge in [-0.15, -0.1) is 0 Å². The zero-order valence-electron chi connectivity index (χ0n) is 21.5. The van der Waals surface area contributed by atoms with Crippen LogP contribution in [0.2, 0.25) is 0 Å². The van der Waals surface area contributed by atoms with Crippen LogP contribution in [0.5, 0.6) is 5.75 Å². The molecule has 0 aliphatic carbocycles. The highest BCUT2D eigenvalue weighted by Gasteiger charge is 2.50. The topological polar surface area (TPSA) is 118 Å². The molecular weight excluding hydrogens is 496 g/mol. The minimum Gasteiger partial charge on any atom is -0.507 e. The van der Waals surface area contributed by atoms with E-state index in [1.165, 1.54) is 4.90 Å². The maximum atomic E-state index is 13.2. The normalized spacial score (nSPS) is 22.8. The SMILES string of the molecule is COc1ccc(NC(=O)N2C/C(O)=C(/O)CN3[C@H](CO)[C@H](c4ccc(C#Cc5cccnc5)cc4)[C@@H]3C2)cc1. The Morgan fingerprint density at radius 3 is 2.41 bits per heavy atom. The van der Waals surface area contributed by atoms with Gasteiger partial charge in [-0.3, -0.25) is 9.88 Å². The number of fused-ring (bicyclic) bond motifs is 1. The fraction of sp³-hybridized carbons (Fsp3) is 0.267. The van der Waals surface area contributed by atoms with Crippen molar-refractivity contribution in [3.05, 3.63) is 101 Å². The number of nitrogens with zero attached hydrogens (tertiary/aromatic N) is 3. The molecule has 200 valence electrons. The van der Waals surface area contributed by atoms with E-state index in [0.717, 1.165) is 16.7 Å². The first-order valence-corrected chi connectivity index (χ1v) is 12.7. The average Bonchev–Trinajstić information content (AvgIpc) is 2.96. The molecular formula is C30H30N4O5. The van der Waals surface area contributed by atoms with Crippen molar-refractivity contribution in [2.45, 2.75) is 18.0 Å². The molecule has 2 aliphatic heterocycles. The summed E-state index contributed by atoms with van der Waals surface area (Å²) in [6, 6.07) is 17.7. The number of ether oxygens (including phenoxy) is 1. The molecule has 0 spiro atoms. The van der Waals surface area contributed by atoms with Gasteiger partial charge in [0.2, 0.25) is 0 Å². The number of rotatable bonds is 4. The van der Waals surface area contributed by atoms with Gasteiger partial charge in [0.15, 0.2) is 5.76 Å². The lowest BCUT2D eigenvalue weighted by molar-refractivity contribution is -0.0556. The van der Waals surface area contributed by atoms with E-state index in [1.54, 1.807) is 43.8 Å². The van der Waals surface area contributed by atoms with Gasteiger partial charge in [-0.1, -0.05) is 24.0 Å². The first kappa shape index (κ1) is 26.1. The smallest absolute Gasteiger partial charge is 0.322 e. The highest BCUT2D eigenvalue weighted by atomic mass is 16.5. The number of aliphatic hydroxyl groups excluding tert-OH is 3. The van der Waals surface area contributed by atoms with Gasteiger partial charge in [0.05, 0.1) is 26.8 Å². The Balaban J connectivity index is 1.36. The number of hydrogen-bond acceptors (Lipinski definition) is 7. The number of pyridine rings is 1. The summed E-state index contributed by atoms with van der Waals surface area (Å²) in [7, 11) is 1.57. The number of hydrogen-bond donors (Lipinski definition) is 4. The van der Waals surface area contributed by atoms with E-state index in [0.29, 0.717) is 18.0 Å². The van der Waals surface area contributed by atoms with Crippen molar-refractivity contribution < 1.29 is 24.9 Å². The van der Waals surface area contributed by atoms with Gasteiger partial charge in [0.1, 0.15) is 11.5 Å². The van der Waals surface area contributed by atoms with Crippen LogP contribution in [0.4, 0.5) is 10.5 Å². The fourth-order valence-corrected chi connectivity index (χ4v) is 5.16. The summed E-state index contributed by atoms with van der Waals surface area (Å²) in [6.07, 6.45) is 3.42. The number of carbonyl (C=O) groups excluding carboxylic acids is 1. The molecule has 0 radical (unpaired) electrons. The summed E-state index contributed by atoms with van der Waals surface area (Å²) in [6.45, 7) is 0.136. The molecule has 3 heterocycles. The van der Waals surface area contributed by atoms with Crippen molar-refractivity contribution in [1.29, 1.82) is 0 Å². The Morgan fingerprint density at radius 1 is 1.03 bits per heavy atom. The van der Waals surface area contributed by atoms with Crippen LogP contribution in [-0.4, -0.2) is 81.6 Å². The van der Waals surface area contributed by atoms with Crippen molar-refractivity contribution in [2.24, 2.45) is 0 Å². The molecule has 0 saturated carbocycles. The Morgan fingerprint density at radius 2 is 1.74 bits per heavy atom. The van der Waals surface area contributed by atoms with E-state index in [1.807, 2.05) is 41.3 Å². The zero-order valence-corrected chi connectivity index (χ0v) is 21.5. The third-order valence-electron chi connectivity index (χ3n) is 7.22. The molecule has 9 heteroatoms. The minimum absolute atomic E-state index is 0.0836. The van der Waals surface area contributed by atoms with E-state index in [9.17, 15) is 20.1 Å². The predicted molar refractivity (Wildman–Crippen MR) is 147 cm³/mol. The van der Waals surface area contributed by atoms with Crippen LogP contribution in [0.3, 0.4) is 0 Å². The molecule has 2 aliphatic rings. The van der Waals surface area contributed by atoms with Crippen molar-refractivity contribution in [3.63, 3.8) is 0 Å². The lowest BCUT2D eigenvalue weighted by Crippen LogP contribution is -2.68. The van der Waals surface area contributed by atoms with Gasteiger partial charge in [-0.25, -0.2) is 4.79 Å². The number of methoxy groups -OCH3 is 1. The number of aromatic nitrogens is 1. The third-order valence-corrected chi connectivity index (χ3v) is 7.22. The second kappa shape index (κ2) is 11.5. The molecule has 0 unspecified atom stereocenters. The standard InChI is InChI=1S/C30H30N4O5/c1-39-24-12-10-23(11-13-24)32-30(38)33-16-25-29(26(19-35)34(25)18-28(37)27(36)17-33)22-8-6-20(7-9-22)4-5-21-3-2-14-31-15-21/h2-3,6-15,25-26,29,35-37H,16-19H2,1H3,(H,32,38)/b28-27-/t25-,26+,29+/m0/s1. The molecule has 2 amide bonds. The second-order valence-electron chi connectivity index (χ2n) is 9.56. The molecule has 2 aromatic carbocycles. The monoisotopic (exact) mass is 526 g/mol. The number of benzene rings is 2. The largest absolute Gasteiger partial charge is 0.507 e. The van der Waals surface area contributed by atoms with E-state index >= 15 is 0 Å². The molecule has 5 rings (SSSR count). The maximum Gasteiger partial charge on any atom is 0.322 e. The van der Waals surface area contributed by atoms with Crippen molar-refractivity contribution in [3.8, 4) is 17.6 Å². The van der Waals surface area contributed by atoms with E-state index in [-0.39, 0.29) is 49.2 Å². The van der Waals surface area contributed by atoms with E-state index in [2.05, 4.69) is 22.1 Å². The van der Waals surface area contributed by atoms with Crippen LogP contribution in [0, 0.1) is 11.8 Å². The second-order valence-corrected chi connectivity index (χ2v) is 9.56. The van der Waals surface area contributed by atoms with Crippen molar-refractivity contribution >= 4 is 11.7 Å². The predicted octanol–water partition coefficient (Wildman–Crippen LogP) is 3.49. The Labute approximate surface area is 227 Å². The van der Waals surface area contributed by atoms with Crippen LogP contribution in [0.15, 0.2) is 84.6 Å². The summed E-state index contributed by atoms with van der Waals surface area (Å²) in [4.78, 5) is 20.7. The number of nitrogens with one attached hydrogen (secondary N) is 1. The molecule has 0 bridgehead atoms. The summed E-state index contributed by atoms with van der Waals surface area (Å²) in [5.41, 5.74) is 3.26. The first-order chi connectivity index (χ1) is 19.0. The van der Waals surface area contributed by atoms with Crippen LogP contribution in [0.25, 0.3) is 0 Å². The maximum absolute atomic E-state index is 13.2. The summed E-state index contributed by atoms with van der Waals surface area (Å²) in [5, 5.41) is 34.0. The van der Waals surface area contributed by atoms with Gasteiger partial charge < -0.3 is 30.3 Å². The average molecular weight is 527 g/mol. The summed E-state index contributed by atoms with van der Waals surface area (Å²) < 4.78 is 5.17. The van der Waals surface area contributed by atoms with Gasteiger partial charge in [0.25, 0.3) is 0 Å². The molecule has 39 heavy (non-hydrogen) atoms. The molecule has 1 saturated heterocycles. The highest BCUT2D eigenvalue weighted by molar-refractivity contribution is 5.89. The molecule has 3 atom stereocenters. The Bertz CT molecular complexity index is 1400. The minimum atomic E-state index is -0.409. The van der Waals surface area contributed by atoms with Crippen LogP contribution >= 0.6 is 0 Å². The molecule has 1 fully saturated rings. The Hall–Kier alpha value is -4.52. The molecule has 3 aromatic rings. The van der Waals surface area contributed by atoms with E-state index < -0.39 is 6.03 Å². The fourth-order valence-electron chi connectivity index (χ4n) is 5.16. The third kappa shape index (κ3) is 5.67. The zero-order chi connectivity index (χ0) is 27.4. The van der Waals surface area contributed by atoms with Crippen LogP contribution < -0.4 is 10.1 Å². The summed E-state index contributed by atoms with van der Waals surface area (Å²) >= 11 is 0.